The van der Waals surface area contributed by atoms with Crippen molar-refractivity contribution in [1.82, 2.24) is 20.0 Å². The first-order valence-electron chi connectivity index (χ1n) is 7.34. The molecular weight excluding hydrogens is 284 g/mol. The summed E-state index contributed by atoms with van der Waals surface area (Å²) in [6.07, 6.45) is 6.44. The Labute approximate surface area is 127 Å². The Bertz CT molecular complexity index is 653. The molecule has 2 aromatic heterocycles. The highest BCUT2D eigenvalue weighted by molar-refractivity contribution is 5.70. The van der Waals surface area contributed by atoms with Gasteiger partial charge in [-0.05, 0) is 37.8 Å². The van der Waals surface area contributed by atoms with Crippen LogP contribution in [0.3, 0.4) is 0 Å². The van der Waals surface area contributed by atoms with E-state index in [4.69, 9.17) is 9.84 Å². The molecule has 7 nitrogen and oxygen atoms in total. The van der Waals surface area contributed by atoms with Gasteiger partial charge in [-0.15, -0.1) is 5.10 Å². The number of carbonyl (C=O) groups is 1. The number of aryl methyl sites for hydroxylation is 1. The number of hydrogen-bond acceptors (Lipinski definition) is 5. The molecule has 1 fully saturated rings. The first-order valence-corrected chi connectivity index (χ1v) is 7.34. The van der Waals surface area contributed by atoms with Crippen LogP contribution in [0.25, 0.3) is 11.4 Å². The molecule has 0 amide bonds. The van der Waals surface area contributed by atoms with E-state index in [1.165, 1.54) is 0 Å². The van der Waals surface area contributed by atoms with Crippen LogP contribution in [0, 0.1) is 5.92 Å². The summed E-state index contributed by atoms with van der Waals surface area (Å²) in [6.45, 7) is 0. The smallest absolute Gasteiger partial charge is 0.306 e. The summed E-state index contributed by atoms with van der Waals surface area (Å²) in [7, 11) is 1.80. The molecule has 2 atom stereocenters. The van der Waals surface area contributed by atoms with Gasteiger partial charge in [0.1, 0.15) is 11.4 Å². The van der Waals surface area contributed by atoms with E-state index in [1.807, 2.05) is 12.1 Å². The Balaban J connectivity index is 1.65. The molecule has 1 N–H and O–H groups in total. The van der Waals surface area contributed by atoms with Crippen LogP contribution in [0.15, 0.2) is 24.5 Å². The van der Waals surface area contributed by atoms with Gasteiger partial charge in [0.25, 0.3) is 0 Å². The van der Waals surface area contributed by atoms with Crippen LogP contribution in [-0.4, -0.2) is 37.2 Å². The van der Waals surface area contributed by atoms with Crippen molar-refractivity contribution in [3.05, 3.63) is 24.5 Å². The summed E-state index contributed by atoms with van der Waals surface area (Å²) in [5.41, 5.74) is 1.44. The molecule has 3 rings (SSSR count). The summed E-state index contributed by atoms with van der Waals surface area (Å²) in [5, 5.41) is 17.0. The van der Waals surface area contributed by atoms with Crippen molar-refractivity contribution in [2.24, 2.45) is 13.0 Å². The second kappa shape index (κ2) is 6.13. The number of hydrogen-bond donors (Lipinski definition) is 1. The minimum absolute atomic E-state index is 0.0565. The van der Waals surface area contributed by atoms with Crippen molar-refractivity contribution in [1.29, 1.82) is 0 Å². The van der Waals surface area contributed by atoms with Crippen molar-refractivity contribution in [2.45, 2.75) is 31.8 Å². The first-order chi connectivity index (χ1) is 10.6. The van der Waals surface area contributed by atoms with E-state index in [-0.39, 0.29) is 12.0 Å². The molecule has 0 radical (unpaired) electrons. The van der Waals surface area contributed by atoms with Gasteiger partial charge in [-0.3, -0.25) is 14.5 Å². The molecule has 0 saturated heterocycles. The fourth-order valence-electron chi connectivity index (χ4n) is 2.73. The third kappa shape index (κ3) is 3.24. The third-order valence-corrected chi connectivity index (χ3v) is 3.88. The summed E-state index contributed by atoms with van der Waals surface area (Å²) in [5.74, 6) is -0.376. The standard InChI is InChI=1S/C15H18N4O3/c1-19-9-14(17-18-19)13-6-5-12(8-16-13)22-11-4-2-3-10(7-11)15(20)21/h5-6,8-11H,2-4,7H2,1H3,(H,20,21)/t10-,11-/m0/s1. The van der Waals surface area contributed by atoms with Gasteiger partial charge in [-0.2, -0.15) is 0 Å². The molecular formula is C15H18N4O3. The molecule has 1 aliphatic rings. The zero-order valence-electron chi connectivity index (χ0n) is 12.3. The lowest BCUT2D eigenvalue weighted by Crippen LogP contribution is -2.29. The van der Waals surface area contributed by atoms with E-state index in [0.717, 1.165) is 25.0 Å². The van der Waals surface area contributed by atoms with Crippen molar-refractivity contribution < 1.29 is 14.6 Å². The highest BCUT2D eigenvalue weighted by atomic mass is 16.5. The predicted octanol–water partition coefficient (Wildman–Crippen LogP) is 1.90. The Hall–Kier alpha value is -2.44. The van der Waals surface area contributed by atoms with Gasteiger partial charge in [0.05, 0.1) is 30.1 Å². The lowest BCUT2D eigenvalue weighted by atomic mass is 9.87. The van der Waals surface area contributed by atoms with Crippen LogP contribution in [-0.2, 0) is 11.8 Å². The Kier molecular flexibility index (Phi) is 4.04. The van der Waals surface area contributed by atoms with Crippen LogP contribution in [0.2, 0.25) is 0 Å². The van der Waals surface area contributed by atoms with Crippen molar-refractivity contribution >= 4 is 5.97 Å². The summed E-state index contributed by atoms with van der Waals surface area (Å²) >= 11 is 0. The van der Waals surface area contributed by atoms with E-state index in [2.05, 4.69) is 15.3 Å². The largest absolute Gasteiger partial charge is 0.489 e. The number of carboxylic acid groups (broad SMARTS) is 1. The topological polar surface area (TPSA) is 90.1 Å². The minimum atomic E-state index is -0.732. The van der Waals surface area contributed by atoms with Crippen LogP contribution in [0.4, 0.5) is 0 Å². The molecule has 0 unspecified atom stereocenters. The number of rotatable bonds is 4. The lowest BCUT2D eigenvalue weighted by molar-refractivity contribution is -0.143. The molecule has 2 aromatic rings. The molecule has 22 heavy (non-hydrogen) atoms. The number of carboxylic acids is 1. The van der Waals surface area contributed by atoms with Crippen LogP contribution in [0.1, 0.15) is 25.7 Å². The minimum Gasteiger partial charge on any atom is -0.489 e. The first kappa shape index (κ1) is 14.5. The maximum Gasteiger partial charge on any atom is 0.306 e. The predicted molar refractivity (Wildman–Crippen MR) is 78.2 cm³/mol. The van der Waals surface area contributed by atoms with Crippen molar-refractivity contribution in [3.63, 3.8) is 0 Å². The fourth-order valence-corrected chi connectivity index (χ4v) is 2.73. The quantitative estimate of drug-likeness (QED) is 0.927. The van der Waals surface area contributed by atoms with Gasteiger partial charge in [0, 0.05) is 7.05 Å². The zero-order valence-corrected chi connectivity index (χ0v) is 12.3. The Morgan fingerprint density at radius 2 is 2.23 bits per heavy atom. The third-order valence-electron chi connectivity index (χ3n) is 3.88. The molecule has 1 saturated carbocycles. The molecule has 7 heteroatoms. The van der Waals surface area contributed by atoms with E-state index < -0.39 is 5.97 Å². The van der Waals surface area contributed by atoms with Crippen molar-refractivity contribution in [3.8, 4) is 17.1 Å². The normalized spacial score (nSPS) is 21.5. The summed E-state index contributed by atoms with van der Waals surface area (Å²) < 4.78 is 7.49. The van der Waals surface area contributed by atoms with Gasteiger partial charge in [0.2, 0.25) is 0 Å². The molecule has 0 aliphatic heterocycles. The second-order valence-electron chi connectivity index (χ2n) is 5.60. The number of nitrogens with zero attached hydrogens (tertiary/aromatic N) is 4. The number of pyridine rings is 1. The maximum atomic E-state index is 11.1. The summed E-state index contributed by atoms with van der Waals surface area (Å²) in [6, 6.07) is 3.66. The number of aromatic nitrogens is 4. The second-order valence-corrected chi connectivity index (χ2v) is 5.60. The van der Waals surface area contributed by atoms with E-state index in [9.17, 15) is 4.79 Å². The average molecular weight is 302 g/mol. The fraction of sp³-hybridized carbons (Fsp3) is 0.467. The Morgan fingerprint density at radius 1 is 1.36 bits per heavy atom. The van der Waals surface area contributed by atoms with Crippen LogP contribution < -0.4 is 4.74 Å². The van der Waals surface area contributed by atoms with Gasteiger partial charge in [-0.1, -0.05) is 5.21 Å². The summed E-state index contributed by atoms with van der Waals surface area (Å²) in [4.78, 5) is 15.4. The maximum absolute atomic E-state index is 11.1. The monoisotopic (exact) mass is 302 g/mol. The van der Waals surface area contributed by atoms with Gasteiger partial charge in [0.15, 0.2) is 0 Å². The zero-order chi connectivity index (χ0) is 15.5. The van der Waals surface area contributed by atoms with Gasteiger partial charge < -0.3 is 9.84 Å². The molecule has 116 valence electrons. The average Bonchev–Trinajstić information content (AvgIpc) is 2.95. The van der Waals surface area contributed by atoms with Crippen molar-refractivity contribution in [2.75, 3.05) is 0 Å². The van der Waals surface area contributed by atoms with E-state index >= 15 is 0 Å². The molecule has 0 aromatic carbocycles. The van der Waals surface area contributed by atoms with Gasteiger partial charge >= 0.3 is 5.97 Å². The highest BCUT2D eigenvalue weighted by Gasteiger charge is 2.28. The molecule has 0 bridgehead atoms. The van der Waals surface area contributed by atoms with E-state index in [0.29, 0.717) is 17.9 Å². The number of aliphatic carboxylic acids is 1. The van der Waals surface area contributed by atoms with E-state index in [1.54, 1.807) is 24.1 Å². The molecule has 2 heterocycles. The lowest BCUT2D eigenvalue weighted by Gasteiger charge is -2.27. The molecule has 1 aliphatic carbocycles. The molecule has 0 spiro atoms. The van der Waals surface area contributed by atoms with Crippen LogP contribution in [0.5, 0.6) is 5.75 Å². The van der Waals surface area contributed by atoms with Crippen LogP contribution >= 0.6 is 0 Å². The van der Waals surface area contributed by atoms with Gasteiger partial charge in [-0.25, -0.2) is 0 Å². The highest BCUT2D eigenvalue weighted by Crippen LogP contribution is 2.28. The SMILES string of the molecule is Cn1cc(-c2ccc(O[C@H]3CCC[C@H](C(=O)O)C3)cn2)nn1. The Morgan fingerprint density at radius 3 is 2.86 bits per heavy atom. The number of ether oxygens (including phenoxy) is 1.